The number of benzene rings is 1. The van der Waals surface area contributed by atoms with Gasteiger partial charge < -0.3 is 5.73 Å². The Morgan fingerprint density at radius 3 is 2.93 bits per heavy atom. The first kappa shape index (κ1) is 10.8. The Kier molecular flexibility index (Phi) is 3.19. The highest BCUT2D eigenvalue weighted by molar-refractivity contribution is 9.10. The smallest absolute Gasteiger partial charge is 0.0904 e. The van der Waals surface area contributed by atoms with E-state index in [9.17, 15) is 0 Å². The SMILES string of the molecule is Cc1nc(CN)c(-c2cccc(Br)c2)s1. The average Bonchev–Trinajstić information content (AvgIpc) is 2.59. The van der Waals surface area contributed by atoms with E-state index < -0.39 is 0 Å². The minimum absolute atomic E-state index is 0.492. The molecule has 0 aliphatic carbocycles. The largest absolute Gasteiger partial charge is 0.325 e. The van der Waals surface area contributed by atoms with E-state index in [0.29, 0.717) is 6.54 Å². The van der Waals surface area contributed by atoms with Crippen molar-refractivity contribution in [2.75, 3.05) is 0 Å². The summed E-state index contributed by atoms with van der Waals surface area (Å²) in [5.74, 6) is 0. The van der Waals surface area contributed by atoms with Gasteiger partial charge in [0.25, 0.3) is 0 Å². The minimum Gasteiger partial charge on any atom is -0.325 e. The zero-order chi connectivity index (χ0) is 10.8. The number of nitrogens with two attached hydrogens (primary N) is 1. The maximum atomic E-state index is 5.67. The topological polar surface area (TPSA) is 38.9 Å². The maximum absolute atomic E-state index is 5.67. The van der Waals surface area contributed by atoms with Gasteiger partial charge in [0, 0.05) is 11.0 Å². The van der Waals surface area contributed by atoms with Crippen LogP contribution in [0.15, 0.2) is 28.7 Å². The van der Waals surface area contributed by atoms with E-state index in [4.69, 9.17) is 5.73 Å². The molecule has 2 aromatic rings. The molecule has 0 radical (unpaired) electrons. The predicted octanol–water partition coefficient (Wildman–Crippen LogP) is 3.34. The Hall–Kier alpha value is -0.710. The molecule has 0 amide bonds. The molecule has 0 aliphatic rings. The molecule has 0 saturated heterocycles. The second kappa shape index (κ2) is 4.43. The number of rotatable bonds is 2. The molecule has 0 unspecified atom stereocenters. The van der Waals surface area contributed by atoms with Crippen molar-refractivity contribution < 1.29 is 0 Å². The first-order valence-electron chi connectivity index (χ1n) is 4.63. The number of hydrogen-bond donors (Lipinski definition) is 1. The van der Waals surface area contributed by atoms with Gasteiger partial charge in [0.1, 0.15) is 0 Å². The summed E-state index contributed by atoms with van der Waals surface area (Å²) in [5, 5.41) is 1.06. The van der Waals surface area contributed by atoms with Gasteiger partial charge in [0.05, 0.1) is 15.6 Å². The number of nitrogens with zero attached hydrogens (tertiary/aromatic N) is 1. The van der Waals surface area contributed by atoms with Gasteiger partial charge in [-0.2, -0.15) is 0 Å². The summed E-state index contributed by atoms with van der Waals surface area (Å²) in [6.07, 6.45) is 0. The van der Waals surface area contributed by atoms with E-state index in [-0.39, 0.29) is 0 Å². The van der Waals surface area contributed by atoms with Gasteiger partial charge in [-0.15, -0.1) is 11.3 Å². The number of hydrogen-bond acceptors (Lipinski definition) is 3. The van der Waals surface area contributed by atoms with Gasteiger partial charge in [-0.25, -0.2) is 4.98 Å². The van der Waals surface area contributed by atoms with Gasteiger partial charge in [-0.05, 0) is 24.6 Å². The minimum atomic E-state index is 0.492. The summed E-state index contributed by atoms with van der Waals surface area (Å²) in [4.78, 5) is 5.59. The lowest BCUT2D eigenvalue weighted by Gasteiger charge is -2.00. The molecule has 0 fully saturated rings. The monoisotopic (exact) mass is 282 g/mol. The van der Waals surface area contributed by atoms with Crippen molar-refractivity contribution in [2.45, 2.75) is 13.5 Å². The fraction of sp³-hybridized carbons (Fsp3) is 0.182. The van der Waals surface area contributed by atoms with E-state index in [1.807, 2.05) is 19.1 Å². The van der Waals surface area contributed by atoms with E-state index in [1.54, 1.807) is 11.3 Å². The third-order valence-electron chi connectivity index (χ3n) is 2.08. The second-order valence-electron chi connectivity index (χ2n) is 3.22. The summed E-state index contributed by atoms with van der Waals surface area (Å²) in [6, 6.07) is 8.21. The van der Waals surface area contributed by atoms with Crippen LogP contribution in [0.2, 0.25) is 0 Å². The van der Waals surface area contributed by atoms with Gasteiger partial charge in [0.15, 0.2) is 0 Å². The van der Waals surface area contributed by atoms with Crippen molar-refractivity contribution in [1.29, 1.82) is 0 Å². The Bertz CT molecular complexity index is 479. The molecule has 2 rings (SSSR count). The first-order valence-corrected chi connectivity index (χ1v) is 6.24. The highest BCUT2D eigenvalue weighted by atomic mass is 79.9. The third kappa shape index (κ3) is 2.27. The van der Waals surface area contributed by atoms with Crippen LogP contribution in [-0.4, -0.2) is 4.98 Å². The summed E-state index contributed by atoms with van der Waals surface area (Å²) < 4.78 is 1.08. The van der Waals surface area contributed by atoms with E-state index in [2.05, 4.69) is 33.0 Å². The van der Waals surface area contributed by atoms with E-state index >= 15 is 0 Å². The van der Waals surface area contributed by atoms with Crippen LogP contribution in [0.5, 0.6) is 0 Å². The normalized spacial score (nSPS) is 10.6. The zero-order valence-corrected chi connectivity index (χ0v) is 10.7. The Morgan fingerprint density at radius 1 is 1.47 bits per heavy atom. The third-order valence-corrected chi connectivity index (χ3v) is 3.64. The fourth-order valence-electron chi connectivity index (χ4n) is 1.46. The lowest BCUT2D eigenvalue weighted by Crippen LogP contribution is -1.98. The maximum Gasteiger partial charge on any atom is 0.0904 e. The Morgan fingerprint density at radius 2 is 2.27 bits per heavy atom. The van der Waals surface area contributed by atoms with Crippen molar-refractivity contribution in [3.05, 3.63) is 39.4 Å². The number of halogens is 1. The quantitative estimate of drug-likeness (QED) is 0.918. The lowest BCUT2D eigenvalue weighted by atomic mass is 10.1. The highest BCUT2D eigenvalue weighted by Crippen LogP contribution is 2.31. The zero-order valence-electron chi connectivity index (χ0n) is 8.33. The van der Waals surface area contributed by atoms with Crippen molar-refractivity contribution in [3.63, 3.8) is 0 Å². The van der Waals surface area contributed by atoms with Crippen LogP contribution in [-0.2, 0) is 6.54 Å². The summed E-state index contributed by atoms with van der Waals surface area (Å²) >= 11 is 5.15. The molecular weight excluding hydrogens is 272 g/mol. The molecule has 0 atom stereocenters. The molecular formula is C11H11BrN2S. The van der Waals surface area contributed by atoms with Crippen LogP contribution in [0.25, 0.3) is 10.4 Å². The molecule has 1 heterocycles. The van der Waals surface area contributed by atoms with Gasteiger partial charge in [0.2, 0.25) is 0 Å². The van der Waals surface area contributed by atoms with E-state index in [0.717, 1.165) is 15.2 Å². The Labute approximate surface area is 101 Å². The molecule has 78 valence electrons. The molecule has 0 bridgehead atoms. The molecule has 15 heavy (non-hydrogen) atoms. The van der Waals surface area contributed by atoms with Crippen LogP contribution < -0.4 is 5.73 Å². The summed E-state index contributed by atoms with van der Waals surface area (Å²) in [5.41, 5.74) is 7.83. The molecule has 1 aromatic heterocycles. The van der Waals surface area contributed by atoms with Crippen molar-refractivity contribution >= 4 is 27.3 Å². The number of aryl methyl sites for hydroxylation is 1. The van der Waals surface area contributed by atoms with Crippen LogP contribution in [0.4, 0.5) is 0 Å². The highest BCUT2D eigenvalue weighted by Gasteiger charge is 2.09. The molecule has 0 spiro atoms. The second-order valence-corrected chi connectivity index (χ2v) is 5.34. The van der Waals surface area contributed by atoms with Crippen molar-refractivity contribution in [1.82, 2.24) is 4.98 Å². The first-order chi connectivity index (χ1) is 7.20. The molecule has 4 heteroatoms. The fourth-order valence-corrected chi connectivity index (χ4v) is 2.81. The molecule has 1 aromatic carbocycles. The van der Waals surface area contributed by atoms with Gasteiger partial charge in [-0.3, -0.25) is 0 Å². The van der Waals surface area contributed by atoms with Gasteiger partial charge >= 0.3 is 0 Å². The van der Waals surface area contributed by atoms with Crippen molar-refractivity contribution in [3.8, 4) is 10.4 Å². The van der Waals surface area contributed by atoms with Crippen LogP contribution in [0.1, 0.15) is 10.7 Å². The summed E-state index contributed by atoms with van der Waals surface area (Å²) in [7, 11) is 0. The molecule has 2 nitrogen and oxygen atoms in total. The lowest BCUT2D eigenvalue weighted by molar-refractivity contribution is 1.00. The van der Waals surface area contributed by atoms with E-state index in [1.165, 1.54) is 10.4 Å². The van der Waals surface area contributed by atoms with Crippen LogP contribution >= 0.6 is 27.3 Å². The average molecular weight is 283 g/mol. The van der Waals surface area contributed by atoms with Gasteiger partial charge in [-0.1, -0.05) is 28.1 Å². The number of thiazole rings is 1. The predicted molar refractivity (Wildman–Crippen MR) is 67.9 cm³/mol. The molecule has 2 N–H and O–H groups in total. The van der Waals surface area contributed by atoms with Crippen molar-refractivity contribution in [2.24, 2.45) is 5.73 Å². The van der Waals surface area contributed by atoms with Crippen LogP contribution in [0.3, 0.4) is 0 Å². The molecule has 0 saturated carbocycles. The summed E-state index contributed by atoms with van der Waals surface area (Å²) in [6.45, 7) is 2.50. The standard InChI is InChI=1S/C11H11BrN2S/c1-7-14-10(6-13)11(15-7)8-3-2-4-9(12)5-8/h2-5H,6,13H2,1H3. The van der Waals surface area contributed by atoms with Crippen LogP contribution in [0, 0.1) is 6.92 Å². The number of aromatic nitrogens is 1. The Balaban J connectivity index is 2.53. The molecule has 0 aliphatic heterocycles.